The number of alkyl halides is 3. The average molecular weight is 313 g/mol. The van der Waals surface area contributed by atoms with Crippen molar-refractivity contribution in [1.29, 1.82) is 0 Å². The van der Waals surface area contributed by atoms with E-state index in [2.05, 4.69) is 0 Å². The van der Waals surface area contributed by atoms with Crippen molar-refractivity contribution >= 4 is 21.4 Å². The molecule has 0 radical (unpaired) electrons. The SMILES string of the molecule is Nc1cc(S(N)(=O)=O)ccc1N(CCO)CC(F)(F)F. The lowest BCUT2D eigenvalue weighted by molar-refractivity contribution is -0.119. The Bertz CT molecular complexity index is 575. The van der Waals surface area contributed by atoms with Gasteiger partial charge in [-0.25, -0.2) is 13.6 Å². The Balaban J connectivity index is 3.15. The Morgan fingerprint density at radius 3 is 2.30 bits per heavy atom. The molecule has 20 heavy (non-hydrogen) atoms. The van der Waals surface area contributed by atoms with Crippen LogP contribution in [0.4, 0.5) is 24.5 Å². The number of nitrogen functional groups attached to an aromatic ring is 1. The van der Waals surface area contributed by atoms with Crippen LogP contribution in [0.25, 0.3) is 0 Å². The van der Waals surface area contributed by atoms with Gasteiger partial charge in [-0.2, -0.15) is 13.2 Å². The van der Waals surface area contributed by atoms with Gasteiger partial charge in [0.1, 0.15) is 6.54 Å². The number of benzene rings is 1. The third-order valence-corrected chi connectivity index (χ3v) is 3.32. The number of nitrogens with two attached hydrogens (primary N) is 2. The summed E-state index contributed by atoms with van der Waals surface area (Å²) >= 11 is 0. The van der Waals surface area contributed by atoms with Crippen molar-refractivity contribution in [3.05, 3.63) is 18.2 Å². The average Bonchev–Trinajstić information content (AvgIpc) is 2.25. The van der Waals surface area contributed by atoms with E-state index in [0.29, 0.717) is 0 Å². The van der Waals surface area contributed by atoms with Crippen LogP contribution < -0.4 is 15.8 Å². The van der Waals surface area contributed by atoms with Crippen LogP contribution in [0, 0.1) is 0 Å². The Labute approximate surface area is 113 Å². The molecule has 0 aliphatic rings. The Hall–Kier alpha value is -1.52. The number of sulfonamides is 1. The lowest BCUT2D eigenvalue weighted by atomic mass is 10.2. The number of aliphatic hydroxyl groups excluding tert-OH is 1. The van der Waals surface area contributed by atoms with Crippen molar-refractivity contribution in [2.75, 3.05) is 30.3 Å². The molecule has 114 valence electrons. The van der Waals surface area contributed by atoms with Crippen LogP contribution in [-0.2, 0) is 10.0 Å². The quantitative estimate of drug-likeness (QED) is 0.676. The zero-order chi connectivity index (χ0) is 15.6. The van der Waals surface area contributed by atoms with Crippen molar-refractivity contribution in [3.8, 4) is 0 Å². The van der Waals surface area contributed by atoms with Crippen LogP contribution in [-0.4, -0.2) is 39.4 Å². The first-order valence-corrected chi connectivity index (χ1v) is 6.94. The molecular weight excluding hydrogens is 299 g/mol. The lowest BCUT2D eigenvalue weighted by Crippen LogP contribution is -2.36. The number of halogens is 3. The summed E-state index contributed by atoms with van der Waals surface area (Å²) in [7, 11) is -3.99. The molecule has 0 fully saturated rings. The molecule has 5 N–H and O–H groups in total. The van der Waals surface area contributed by atoms with Gasteiger partial charge in [-0.1, -0.05) is 0 Å². The van der Waals surface area contributed by atoms with Gasteiger partial charge in [0.2, 0.25) is 10.0 Å². The smallest absolute Gasteiger partial charge is 0.397 e. The second-order valence-electron chi connectivity index (χ2n) is 4.03. The maximum atomic E-state index is 12.4. The number of rotatable bonds is 5. The molecular formula is C10H14F3N3O3S. The van der Waals surface area contributed by atoms with Crippen LogP contribution >= 0.6 is 0 Å². The van der Waals surface area contributed by atoms with Gasteiger partial charge in [0, 0.05) is 6.54 Å². The van der Waals surface area contributed by atoms with E-state index in [-0.39, 0.29) is 22.8 Å². The molecule has 0 saturated carbocycles. The lowest BCUT2D eigenvalue weighted by Gasteiger charge is -2.26. The standard InChI is InChI=1S/C10H14F3N3O3S/c11-10(12,13)6-16(3-4-17)9-2-1-7(5-8(9)14)20(15,18)19/h1-2,5,17H,3-4,6,14H2,(H2,15,18,19). The van der Waals surface area contributed by atoms with Gasteiger partial charge >= 0.3 is 6.18 Å². The molecule has 1 aromatic carbocycles. The van der Waals surface area contributed by atoms with Gasteiger partial charge in [0.15, 0.2) is 0 Å². The summed E-state index contributed by atoms with van der Waals surface area (Å²) in [6.07, 6.45) is -4.49. The summed E-state index contributed by atoms with van der Waals surface area (Å²) in [5.41, 5.74) is 5.36. The summed E-state index contributed by atoms with van der Waals surface area (Å²) in [5, 5.41) is 13.7. The van der Waals surface area contributed by atoms with Crippen LogP contribution in [0.3, 0.4) is 0 Å². The largest absolute Gasteiger partial charge is 0.405 e. The Morgan fingerprint density at radius 1 is 1.30 bits per heavy atom. The molecule has 0 atom stereocenters. The topological polar surface area (TPSA) is 110 Å². The molecule has 0 bridgehead atoms. The van der Waals surface area contributed by atoms with E-state index < -0.39 is 29.4 Å². The molecule has 0 unspecified atom stereocenters. The monoisotopic (exact) mass is 313 g/mol. The Morgan fingerprint density at radius 2 is 1.90 bits per heavy atom. The highest BCUT2D eigenvalue weighted by atomic mass is 32.2. The van der Waals surface area contributed by atoms with Crippen LogP contribution in [0.1, 0.15) is 0 Å². The van der Waals surface area contributed by atoms with Crippen LogP contribution in [0.15, 0.2) is 23.1 Å². The van der Waals surface area contributed by atoms with Crippen molar-refractivity contribution in [1.82, 2.24) is 0 Å². The maximum Gasteiger partial charge on any atom is 0.405 e. The molecule has 0 aliphatic heterocycles. The molecule has 1 aromatic rings. The minimum absolute atomic E-state index is 0.0243. The van der Waals surface area contributed by atoms with E-state index in [0.717, 1.165) is 23.1 Å². The van der Waals surface area contributed by atoms with Crippen LogP contribution in [0.2, 0.25) is 0 Å². The fourth-order valence-electron chi connectivity index (χ4n) is 1.62. The third-order valence-electron chi connectivity index (χ3n) is 2.41. The minimum atomic E-state index is -4.49. The van der Waals surface area contributed by atoms with Crippen LogP contribution in [0.5, 0.6) is 0 Å². The van der Waals surface area contributed by atoms with E-state index in [9.17, 15) is 21.6 Å². The van der Waals surface area contributed by atoms with E-state index in [4.69, 9.17) is 16.0 Å². The molecule has 10 heteroatoms. The predicted molar refractivity (Wildman–Crippen MR) is 67.6 cm³/mol. The van der Waals surface area contributed by atoms with E-state index in [1.54, 1.807) is 0 Å². The van der Waals surface area contributed by atoms with Crippen molar-refractivity contribution in [3.63, 3.8) is 0 Å². The number of hydrogen-bond donors (Lipinski definition) is 3. The molecule has 6 nitrogen and oxygen atoms in total. The summed E-state index contributed by atoms with van der Waals surface area (Å²) in [4.78, 5) is 0.511. The highest BCUT2D eigenvalue weighted by Crippen LogP contribution is 2.28. The van der Waals surface area contributed by atoms with Crippen molar-refractivity contribution < 1.29 is 26.7 Å². The summed E-state index contributed by atoms with van der Waals surface area (Å²) in [6, 6.07) is 3.16. The van der Waals surface area contributed by atoms with Crippen molar-refractivity contribution in [2.45, 2.75) is 11.1 Å². The number of anilines is 2. The molecule has 0 heterocycles. The van der Waals surface area contributed by atoms with E-state index in [1.165, 1.54) is 0 Å². The van der Waals surface area contributed by atoms with Gasteiger partial charge in [-0.15, -0.1) is 0 Å². The third kappa shape index (κ3) is 4.54. The first-order chi connectivity index (χ1) is 9.04. The van der Waals surface area contributed by atoms with Gasteiger partial charge in [-0.3, -0.25) is 0 Å². The summed E-state index contributed by atoms with van der Waals surface area (Å²) in [5.74, 6) is 0. The number of aliphatic hydroxyl groups is 1. The highest BCUT2D eigenvalue weighted by molar-refractivity contribution is 7.89. The Kier molecular flexibility index (Phi) is 4.84. The highest BCUT2D eigenvalue weighted by Gasteiger charge is 2.31. The zero-order valence-corrected chi connectivity index (χ0v) is 11.1. The van der Waals surface area contributed by atoms with Gasteiger partial charge in [0.25, 0.3) is 0 Å². The predicted octanol–water partition coefficient (Wildman–Crippen LogP) is 0.277. The molecule has 0 spiro atoms. The van der Waals surface area contributed by atoms with Gasteiger partial charge in [-0.05, 0) is 18.2 Å². The number of primary sulfonamides is 1. The summed E-state index contributed by atoms with van der Waals surface area (Å²) < 4.78 is 59.5. The first-order valence-electron chi connectivity index (χ1n) is 5.39. The zero-order valence-electron chi connectivity index (χ0n) is 10.3. The van der Waals surface area contributed by atoms with Crippen molar-refractivity contribution in [2.24, 2.45) is 5.14 Å². The molecule has 0 saturated heterocycles. The molecule has 0 amide bonds. The maximum absolute atomic E-state index is 12.4. The number of nitrogens with zero attached hydrogens (tertiary/aromatic N) is 1. The van der Waals surface area contributed by atoms with Gasteiger partial charge in [0.05, 0.1) is 22.9 Å². The number of hydrogen-bond acceptors (Lipinski definition) is 5. The molecule has 1 rings (SSSR count). The van der Waals surface area contributed by atoms with Gasteiger partial charge < -0.3 is 15.7 Å². The first kappa shape index (κ1) is 16.5. The minimum Gasteiger partial charge on any atom is -0.397 e. The van der Waals surface area contributed by atoms with E-state index >= 15 is 0 Å². The fraction of sp³-hybridized carbons (Fsp3) is 0.400. The second kappa shape index (κ2) is 5.85. The molecule has 0 aliphatic carbocycles. The molecule has 0 aromatic heterocycles. The summed E-state index contributed by atoms with van der Waals surface area (Å²) in [6.45, 7) is -2.11. The normalized spacial score (nSPS) is 12.4. The second-order valence-corrected chi connectivity index (χ2v) is 5.59. The fourth-order valence-corrected chi connectivity index (χ4v) is 2.17. The van der Waals surface area contributed by atoms with E-state index in [1.807, 2.05) is 0 Å².